The van der Waals surface area contributed by atoms with E-state index in [1.54, 1.807) is 34.6 Å². The molecule has 4 aliphatic carbocycles. The summed E-state index contributed by atoms with van der Waals surface area (Å²) in [5.41, 5.74) is 3.46. The summed E-state index contributed by atoms with van der Waals surface area (Å²) in [7, 11) is 0. The van der Waals surface area contributed by atoms with Gasteiger partial charge in [0.15, 0.2) is 34.7 Å². The molecule has 7 aliphatic rings. The maximum Gasteiger partial charge on any atom is 0.413 e. The summed E-state index contributed by atoms with van der Waals surface area (Å²) in [6.45, 7) is 3.05. The molecule has 4 amide bonds. The number of ketones is 2. The van der Waals surface area contributed by atoms with Gasteiger partial charge in [-0.2, -0.15) is 0 Å². The number of nitrogens with one attached hydrogen (secondary N) is 3. The number of amides is 4. The number of hydrogen-bond donors (Lipinski definition) is 9. The second-order valence-corrected chi connectivity index (χ2v) is 25.7. The van der Waals surface area contributed by atoms with Crippen molar-refractivity contribution in [3.05, 3.63) is 159 Å². The monoisotopic (exact) mass is 1280 g/mol. The number of anilines is 3. The summed E-state index contributed by atoms with van der Waals surface area (Å²) in [5, 5.41) is 73.5. The number of aromatic nitrogens is 1. The van der Waals surface area contributed by atoms with Crippen LogP contribution < -0.4 is 25.6 Å². The predicted octanol–water partition coefficient (Wildman–Crippen LogP) is 5.53. The topological polar surface area (TPSA) is 339 Å². The second kappa shape index (κ2) is 25.9. The highest BCUT2D eigenvalue weighted by atomic mass is 32.1. The molecule has 12 rings (SSSR count). The number of ether oxygens (including phenoxy) is 5. The summed E-state index contributed by atoms with van der Waals surface area (Å²) >= 11 is 1.16. The summed E-state index contributed by atoms with van der Waals surface area (Å²) in [6, 6.07) is 26.3. The average molecular weight is 1280 g/mol. The van der Waals surface area contributed by atoms with Crippen LogP contribution in [0.25, 0.3) is 0 Å². The molecule has 0 unspecified atom stereocenters. The number of thiazole rings is 1. The SMILES string of the molecule is C[C@]12C=CC(=O)C=C1CC[C@@H]1[C@@H]2[C@@H](O)C[C@@]2(C)[C@H]1C[C@H]1O[C@@H](c3ccc(Cc4csc(NC(=O)OCc5ccc(O[C@@H]6O[C@H](C(=O)O)[C@@H](O)[C@H](O)[C@H]6O)c(NC(=O)CCNC(=O)CCC(=O)N6Cc7ccccc7C#Cc7ccccc76)c5)n4)cc3)O[C@]12C(=O)CO. The molecule has 5 aromatic rings. The van der Waals surface area contributed by atoms with Crippen LogP contribution in [0, 0.1) is 40.4 Å². The fourth-order valence-electron chi connectivity index (χ4n) is 14.9. The maximum absolute atomic E-state index is 14.1. The van der Waals surface area contributed by atoms with Crippen LogP contribution in [0.1, 0.15) is 104 Å². The van der Waals surface area contributed by atoms with Crippen molar-refractivity contribution in [2.24, 2.45) is 28.6 Å². The van der Waals surface area contributed by atoms with Crippen LogP contribution in [0.15, 0.2) is 120 Å². The third-order valence-electron chi connectivity index (χ3n) is 19.4. The first-order valence-corrected chi connectivity index (χ1v) is 31.4. The van der Waals surface area contributed by atoms with Crippen molar-refractivity contribution in [1.82, 2.24) is 10.3 Å². The number of nitrogens with zero attached hydrogens (tertiary/aromatic N) is 2. The minimum Gasteiger partial charge on any atom is -0.479 e. The molecule has 23 nitrogen and oxygen atoms in total. The Kier molecular flexibility index (Phi) is 17.9. The molecule has 0 spiro atoms. The molecule has 92 heavy (non-hydrogen) atoms. The number of carbonyl (C=O) groups is 7. The number of fused-ring (bicyclic) bond motifs is 9. The van der Waals surface area contributed by atoms with Crippen LogP contribution in [0.5, 0.6) is 5.75 Å². The van der Waals surface area contributed by atoms with Gasteiger partial charge in [0.05, 0.1) is 35.8 Å². The van der Waals surface area contributed by atoms with E-state index >= 15 is 0 Å². The third-order valence-corrected chi connectivity index (χ3v) is 20.2. The first-order chi connectivity index (χ1) is 44.2. The Labute approximate surface area is 532 Å². The van der Waals surface area contributed by atoms with E-state index in [0.29, 0.717) is 47.3 Å². The normalized spacial score (nSPS) is 29.8. The second-order valence-electron chi connectivity index (χ2n) is 24.8. The molecule has 3 saturated carbocycles. The zero-order valence-electron chi connectivity index (χ0n) is 50.2. The van der Waals surface area contributed by atoms with Gasteiger partial charge in [-0.3, -0.25) is 29.3 Å². The lowest BCUT2D eigenvalue weighted by Crippen LogP contribution is -2.63. The highest BCUT2D eigenvalue weighted by molar-refractivity contribution is 7.13. The highest BCUT2D eigenvalue weighted by Gasteiger charge is 2.76. The molecule has 0 bridgehead atoms. The number of Topliss-reactive ketones (excluding diaryl/α,β-unsaturated/α-hetero) is 1. The standard InChI is InChI=1S/C68H69N5O18S/c1-66-25-23-44(75)29-42(66)18-19-45-46-30-52-68(51(77)33-74,67(46,2)31-49(76)56(45)66)91-62(89-52)40-14-11-36(12-15-40)27-43-35-92-64(70-43)72-65(86)87-34-37-13-20-50(88-63-59(83)57(81)58(82)60(90-63)61(84)85)47(28-37)71-54(79)24-26-69-53(78)21-22-55(80)73-32-41-9-4-3-7-38(41)16-17-39-8-5-6-10-48(39)73/h3-15,20,23,25,28-29,35,45-46,49,52,56-60,62-63,74,76,81-83H,18-19,21-22,24,26-27,30-34H2,1-2H3,(H,69,78)(H,71,79)(H,84,85)(H,70,72,86)/t45-,46-,49-,52+,56+,57-,58-,59+,60-,62+,63+,66-,67-,68+/m0/s1. The highest BCUT2D eigenvalue weighted by Crippen LogP contribution is 2.70. The number of aliphatic hydroxyl groups excluding tert-OH is 5. The lowest BCUT2D eigenvalue weighted by atomic mass is 9.46. The Morgan fingerprint density at radius 2 is 1.60 bits per heavy atom. The van der Waals surface area contributed by atoms with Crippen molar-refractivity contribution in [2.45, 2.75) is 133 Å². The fraction of sp³-hybridized carbons (Fsp3) is 0.412. The van der Waals surface area contributed by atoms with Gasteiger partial charge < -0.3 is 69.9 Å². The molecular weight excluding hydrogens is 1210 g/mol. The van der Waals surface area contributed by atoms with E-state index in [-0.39, 0.29) is 91.4 Å². The average Bonchev–Trinajstić information content (AvgIpc) is 1.45. The van der Waals surface area contributed by atoms with Crippen LogP contribution in [0.2, 0.25) is 0 Å². The van der Waals surface area contributed by atoms with Gasteiger partial charge in [0.25, 0.3) is 0 Å². The van der Waals surface area contributed by atoms with Crippen molar-refractivity contribution < 1.29 is 87.9 Å². The first kappa shape index (κ1) is 63.7. The van der Waals surface area contributed by atoms with Gasteiger partial charge in [-0.1, -0.05) is 98.0 Å². The fourth-order valence-corrected chi connectivity index (χ4v) is 15.6. The van der Waals surface area contributed by atoms with Gasteiger partial charge in [0, 0.05) is 71.0 Å². The van der Waals surface area contributed by atoms with Crippen LogP contribution >= 0.6 is 11.3 Å². The number of rotatable bonds is 18. The summed E-state index contributed by atoms with van der Waals surface area (Å²) in [4.78, 5) is 98.0. The van der Waals surface area contributed by atoms with E-state index in [2.05, 4.69) is 39.7 Å². The van der Waals surface area contributed by atoms with Crippen LogP contribution in [0.3, 0.4) is 0 Å². The zero-order valence-corrected chi connectivity index (χ0v) is 51.0. The molecule has 480 valence electrons. The number of carboxylic acids is 1. The van der Waals surface area contributed by atoms with Crippen LogP contribution in [-0.4, -0.2) is 139 Å². The first-order valence-electron chi connectivity index (χ1n) is 30.5. The van der Waals surface area contributed by atoms with E-state index in [1.165, 1.54) is 18.2 Å². The lowest BCUT2D eigenvalue weighted by molar-refractivity contribution is -0.271. The van der Waals surface area contributed by atoms with E-state index < -0.39 is 102 Å². The van der Waals surface area contributed by atoms with Gasteiger partial charge >= 0.3 is 12.1 Å². The molecule has 4 aromatic carbocycles. The number of hydrogen-bond acceptors (Lipinski definition) is 19. The Hall–Kier alpha value is -8.48. The Morgan fingerprint density at radius 1 is 0.848 bits per heavy atom. The Morgan fingerprint density at radius 3 is 2.38 bits per heavy atom. The molecular formula is C68H69N5O18S. The summed E-state index contributed by atoms with van der Waals surface area (Å²) < 4.78 is 30.1. The molecule has 2 saturated heterocycles. The summed E-state index contributed by atoms with van der Waals surface area (Å²) in [6.07, 6.45) is -5.88. The number of allylic oxidation sites excluding steroid dienone is 4. The van der Waals surface area contributed by atoms with E-state index in [0.717, 1.165) is 40.0 Å². The number of carboxylic acid groups (broad SMARTS) is 1. The zero-order chi connectivity index (χ0) is 64.8. The largest absolute Gasteiger partial charge is 0.479 e. The van der Waals surface area contributed by atoms with Crippen molar-refractivity contribution in [3.8, 4) is 17.6 Å². The molecule has 0 radical (unpaired) electrons. The minimum absolute atomic E-state index is 0.0192. The van der Waals surface area contributed by atoms with Crippen molar-refractivity contribution in [2.75, 3.05) is 28.7 Å². The van der Waals surface area contributed by atoms with E-state index in [4.69, 9.17) is 23.7 Å². The molecule has 5 fully saturated rings. The molecule has 9 N–H and O–H groups in total. The number of benzene rings is 4. The van der Waals surface area contributed by atoms with Gasteiger partial charge in [0.1, 0.15) is 37.3 Å². The Balaban J connectivity index is 0.650. The van der Waals surface area contributed by atoms with Gasteiger partial charge in [-0.05, 0) is 96.7 Å². The quantitative estimate of drug-likeness (QED) is 0.0487. The molecule has 14 atom stereocenters. The number of aliphatic carboxylic acids is 1. The van der Waals surface area contributed by atoms with Crippen molar-refractivity contribution >= 4 is 69.2 Å². The number of para-hydroxylation sites is 1. The molecule has 1 aromatic heterocycles. The number of aliphatic hydroxyl groups is 5. The number of carbonyl (C=O) groups excluding carboxylic acids is 6. The molecule has 3 aliphatic heterocycles. The minimum atomic E-state index is -2.00. The smallest absolute Gasteiger partial charge is 0.413 e. The molecule has 24 heteroatoms. The van der Waals surface area contributed by atoms with Crippen molar-refractivity contribution in [1.29, 1.82) is 0 Å². The lowest BCUT2D eigenvalue weighted by Gasteiger charge is -2.59. The van der Waals surface area contributed by atoms with Gasteiger partial charge in [0.2, 0.25) is 24.0 Å². The van der Waals surface area contributed by atoms with Gasteiger partial charge in [-0.15, -0.1) is 11.3 Å². The summed E-state index contributed by atoms with van der Waals surface area (Å²) in [5.74, 6) is 2.30. The third kappa shape index (κ3) is 12.2. The predicted molar refractivity (Wildman–Crippen MR) is 329 cm³/mol. The van der Waals surface area contributed by atoms with Crippen LogP contribution in [-0.2, 0) is 67.3 Å². The molecule has 4 heterocycles. The van der Waals surface area contributed by atoms with E-state index in [1.807, 2.05) is 73.7 Å². The maximum atomic E-state index is 14.1. The van der Waals surface area contributed by atoms with Gasteiger partial charge in [-0.25, -0.2) is 14.6 Å². The van der Waals surface area contributed by atoms with Crippen molar-refractivity contribution in [3.63, 3.8) is 0 Å². The van der Waals surface area contributed by atoms with E-state index in [9.17, 15) is 64.2 Å². The Bertz CT molecular complexity index is 3880. The van der Waals surface area contributed by atoms with Crippen LogP contribution in [0.4, 0.5) is 21.3 Å².